The Bertz CT molecular complexity index is 447. The maximum absolute atomic E-state index is 12.5. The van der Waals surface area contributed by atoms with Crippen molar-refractivity contribution in [3.05, 3.63) is 21.9 Å². The molecule has 0 unspecified atom stereocenters. The second kappa shape index (κ2) is 4.55. The molecule has 1 aromatic heterocycles. The quantitative estimate of drug-likeness (QED) is 0.906. The van der Waals surface area contributed by atoms with E-state index >= 15 is 0 Å². The summed E-state index contributed by atoms with van der Waals surface area (Å²) in [5.41, 5.74) is -1.23. The topological polar surface area (TPSA) is 46.5 Å². The molecule has 0 radical (unpaired) electrons. The zero-order chi connectivity index (χ0) is 13.4. The molecule has 0 aliphatic carbocycles. The van der Waals surface area contributed by atoms with E-state index in [0.717, 1.165) is 6.07 Å². The standard InChI is InChI=1S/C11H11F3O3S/c12-11(13,14)8-2-1-7(18-8)10(9(15)16)3-5-17-6-4-10/h1-2H,3-6H2,(H,15,16). The van der Waals surface area contributed by atoms with E-state index in [1.807, 2.05) is 0 Å². The Morgan fingerprint density at radius 3 is 2.39 bits per heavy atom. The van der Waals surface area contributed by atoms with Crippen molar-refractivity contribution in [1.82, 2.24) is 0 Å². The molecule has 0 aromatic carbocycles. The molecular formula is C11H11F3O3S. The highest BCUT2D eigenvalue weighted by atomic mass is 32.1. The van der Waals surface area contributed by atoms with Gasteiger partial charge in [-0.15, -0.1) is 11.3 Å². The Kier molecular flexibility index (Phi) is 3.37. The van der Waals surface area contributed by atoms with Gasteiger partial charge in [0.25, 0.3) is 0 Å². The third-order valence-electron chi connectivity index (χ3n) is 3.11. The Balaban J connectivity index is 2.38. The van der Waals surface area contributed by atoms with Crippen LogP contribution in [0.2, 0.25) is 0 Å². The first-order valence-corrected chi connectivity index (χ1v) is 6.16. The van der Waals surface area contributed by atoms with Crippen molar-refractivity contribution >= 4 is 17.3 Å². The minimum Gasteiger partial charge on any atom is -0.481 e. The highest BCUT2D eigenvalue weighted by Crippen LogP contribution is 2.43. The normalized spacial score (nSPS) is 19.7. The average Bonchev–Trinajstić information content (AvgIpc) is 2.79. The van der Waals surface area contributed by atoms with Gasteiger partial charge >= 0.3 is 12.1 Å². The number of carboxylic acids is 1. The number of halogens is 3. The van der Waals surface area contributed by atoms with Crippen molar-refractivity contribution in [2.24, 2.45) is 0 Å². The van der Waals surface area contributed by atoms with Crippen molar-refractivity contribution < 1.29 is 27.8 Å². The molecule has 0 bridgehead atoms. The van der Waals surface area contributed by atoms with Crippen LogP contribution in [0.15, 0.2) is 12.1 Å². The molecule has 0 spiro atoms. The number of thiophene rings is 1. The molecule has 0 atom stereocenters. The van der Waals surface area contributed by atoms with E-state index < -0.39 is 22.4 Å². The molecule has 2 rings (SSSR count). The van der Waals surface area contributed by atoms with Crippen LogP contribution in [0.1, 0.15) is 22.6 Å². The fraction of sp³-hybridized carbons (Fsp3) is 0.545. The van der Waals surface area contributed by atoms with Crippen LogP contribution in [0.3, 0.4) is 0 Å². The van der Waals surface area contributed by atoms with Gasteiger partial charge in [-0.05, 0) is 25.0 Å². The van der Waals surface area contributed by atoms with Gasteiger partial charge in [-0.1, -0.05) is 0 Å². The SMILES string of the molecule is O=C(O)C1(c2ccc(C(F)(F)F)s2)CCOCC1. The van der Waals surface area contributed by atoms with Gasteiger partial charge in [0.15, 0.2) is 0 Å². The fourth-order valence-electron chi connectivity index (χ4n) is 2.03. The highest BCUT2D eigenvalue weighted by molar-refractivity contribution is 7.12. The van der Waals surface area contributed by atoms with Crippen LogP contribution in [0.25, 0.3) is 0 Å². The van der Waals surface area contributed by atoms with E-state index in [0.29, 0.717) is 11.3 Å². The zero-order valence-corrected chi connectivity index (χ0v) is 10.1. The van der Waals surface area contributed by atoms with Gasteiger partial charge in [-0.25, -0.2) is 0 Å². The van der Waals surface area contributed by atoms with Crippen molar-refractivity contribution in [3.8, 4) is 0 Å². The van der Waals surface area contributed by atoms with Crippen LogP contribution in [-0.4, -0.2) is 24.3 Å². The molecule has 3 nitrogen and oxygen atoms in total. The maximum atomic E-state index is 12.5. The second-order valence-electron chi connectivity index (χ2n) is 4.16. The van der Waals surface area contributed by atoms with Gasteiger partial charge < -0.3 is 9.84 Å². The number of rotatable bonds is 2. The Morgan fingerprint density at radius 2 is 1.94 bits per heavy atom. The largest absolute Gasteiger partial charge is 0.481 e. The van der Waals surface area contributed by atoms with Gasteiger partial charge in [0, 0.05) is 18.1 Å². The van der Waals surface area contributed by atoms with Crippen molar-refractivity contribution in [2.45, 2.75) is 24.4 Å². The molecule has 18 heavy (non-hydrogen) atoms. The van der Waals surface area contributed by atoms with Crippen LogP contribution in [0.5, 0.6) is 0 Å². The predicted octanol–water partition coefficient (Wildman–Crippen LogP) is 2.90. The summed E-state index contributed by atoms with van der Waals surface area (Å²) in [6, 6.07) is 2.22. The van der Waals surface area contributed by atoms with Crippen LogP contribution in [0, 0.1) is 0 Å². The molecule has 0 amide bonds. The van der Waals surface area contributed by atoms with Gasteiger partial charge in [0.05, 0.1) is 0 Å². The first-order valence-electron chi connectivity index (χ1n) is 5.35. The first-order chi connectivity index (χ1) is 8.36. The smallest absolute Gasteiger partial charge is 0.425 e. The van der Waals surface area contributed by atoms with Crippen molar-refractivity contribution in [1.29, 1.82) is 0 Å². The molecular weight excluding hydrogens is 269 g/mol. The molecule has 100 valence electrons. The summed E-state index contributed by atoms with van der Waals surface area (Å²) in [4.78, 5) is 10.9. The van der Waals surface area contributed by atoms with Gasteiger partial charge in [-0.3, -0.25) is 4.79 Å². The molecule has 2 heterocycles. The number of hydrogen-bond acceptors (Lipinski definition) is 3. The molecule has 7 heteroatoms. The molecule has 1 saturated heterocycles. The summed E-state index contributed by atoms with van der Waals surface area (Å²) in [5, 5.41) is 9.32. The van der Waals surface area contributed by atoms with E-state index in [-0.39, 0.29) is 30.9 Å². The number of carboxylic acid groups (broad SMARTS) is 1. The lowest BCUT2D eigenvalue weighted by Gasteiger charge is -2.32. The van der Waals surface area contributed by atoms with Crippen molar-refractivity contribution in [3.63, 3.8) is 0 Å². The Labute approximate surface area is 105 Å². The third-order valence-corrected chi connectivity index (χ3v) is 4.45. The first kappa shape index (κ1) is 13.4. The minimum absolute atomic E-state index is 0.208. The Hall–Kier alpha value is -1.08. The minimum atomic E-state index is -4.42. The summed E-state index contributed by atoms with van der Waals surface area (Å²) in [6.45, 7) is 0.511. The summed E-state index contributed by atoms with van der Waals surface area (Å²) >= 11 is 0.512. The van der Waals surface area contributed by atoms with Crippen LogP contribution in [-0.2, 0) is 21.1 Å². The monoisotopic (exact) mass is 280 g/mol. The number of alkyl halides is 3. The summed E-state index contributed by atoms with van der Waals surface area (Å²) in [6.07, 6.45) is -4.01. The lowest BCUT2D eigenvalue weighted by atomic mass is 9.79. The van der Waals surface area contributed by atoms with Crippen LogP contribution < -0.4 is 0 Å². The van der Waals surface area contributed by atoms with E-state index in [1.165, 1.54) is 6.07 Å². The molecule has 1 aliphatic heterocycles. The van der Waals surface area contributed by atoms with E-state index in [2.05, 4.69) is 0 Å². The lowest BCUT2D eigenvalue weighted by molar-refractivity contribution is -0.147. The molecule has 1 fully saturated rings. The highest BCUT2D eigenvalue weighted by Gasteiger charge is 2.44. The molecule has 1 aromatic rings. The number of hydrogen-bond donors (Lipinski definition) is 1. The summed E-state index contributed by atoms with van der Waals surface area (Å²) in [5.74, 6) is -1.08. The second-order valence-corrected chi connectivity index (χ2v) is 5.25. The summed E-state index contributed by atoms with van der Waals surface area (Å²) < 4.78 is 42.7. The zero-order valence-electron chi connectivity index (χ0n) is 9.29. The third kappa shape index (κ3) is 2.24. The van der Waals surface area contributed by atoms with Gasteiger partial charge in [-0.2, -0.15) is 13.2 Å². The maximum Gasteiger partial charge on any atom is 0.425 e. The fourth-order valence-corrected chi connectivity index (χ4v) is 3.14. The predicted molar refractivity (Wildman–Crippen MR) is 58.7 cm³/mol. The Morgan fingerprint density at radius 1 is 1.33 bits per heavy atom. The van der Waals surface area contributed by atoms with Crippen LogP contribution in [0.4, 0.5) is 13.2 Å². The number of aliphatic carboxylic acids is 1. The molecule has 0 saturated carbocycles. The van der Waals surface area contributed by atoms with Gasteiger partial charge in [0.2, 0.25) is 0 Å². The van der Waals surface area contributed by atoms with E-state index in [1.54, 1.807) is 0 Å². The van der Waals surface area contributed by atoms with Gasteiger partial charge in [0.1, 0.15) is 10.3 Å². The summed E-state index contributed by atoms with van der Waals surface area (Å²) in [7, 11) is 0. The van der Waals surface area contributed by atoms with Crippen LogP contribution >= 0.6 is 11.3 Å². The number of ether oxygens (including phenoxy) is 1. The lowest BCUT2D eigenvalue weighted by Crippen LogP contribution is -2.40. The van der Waals surface area contributed by atoms with Crippen molar-refractivity contribution in [2.75, 3.05) is 13.2 Å². The molecule has 1 N–H and O–H groups in total. The average molecular weight is 280 g/mol. The molecule has 1 aliphatic rings. The van der Waals surface area contributed by atoms with E-state index in [9.17, 15) is 23.1 Å². The number of carbonyl (C=O) groups is 1. The van der Waals surface area contributed by atoms with E-state index in [4.69, 9.17) is 4.74 Å².